The molecule has 0 aliphatic heterocycles. The molecule has 0 bridgehead atoms. The number of aliphatic carboxylic acids is 1. The Morgan fingerprint density at radius 1 is 1.13 bits per heavy atom. The van der Waals surface area contributed by atoms with Gasteiger partial charge in [-0.05, 0) is 55.4 Å². The Bertz CT molecular complexity index is 824. The van der Waals surface area contributed by atoms with Crippen molar-refractivity contribution in [3.05, 3.63) is 16.0 Å². The third-order valence-corrected chi connectivity index (χ3v) is 8.42. The van der Waals surface area contributed by atoms with Crippen molar-refractivity contribution in [3.63, 3.8) is 0 Å². The number of amides is 2. The van der Waals surface area contributed by atoms with Crippen LogP contribution in [0.25, 0.3) is 0 Å². The van der Waals surface area contributed by atoms with Crippen LogP contribution in [0.4, 0.5) is 5.00 Å². The molecule has 3 N–H and O–H groups in total. The van der Waals surface area contributed by atoms with Gasteiger partial charge in [0.1, 0.15) is 5.00 Å². The molecule has 0 radical (unpaired) electrons. The molecule has 0 spiro atoms. The van der Waals surface area contributed by atoms with Crippen molar-refractivity contribution in [2.75, 3.05) is 5.32 Å². The van der Waals surface area contributed by atoms with Gasteiger partial charge in [0.15, 0.2) is 0 Å². The monoisotopic (exact) mass is 448 g/mol. The molecule has 6 nitrogen and oxygen atoms in total. The van der Waals surface area contributed by atoms with Gasteiger partial charge in [0.2, 0.25) is 5.91 Å². The van der Waals surface area contributed by atoms with Crippen molar-refractivity contribution in [3.8, 4) is 0 Å². The Balaban J connectivity index is 1.81. The number of carbonyl (C=O) groups is 3. The minimum atomic E-state index is -0.902. The molecule has 2 aliphatic rings. The molecule has 1 fully saturated rings. The maximum absolute atomic E-state index is 13.2. The summed E-state index contributed by atoms with van der Waals surface area (Å²) in [5.41, 5.74) is 1.99. The van der Waals surface area contributed by atoms with E-state index in [-0.39, 0.29) is 36.1 Å². The zero-order chi connectivity index (χ0) is 22.6. The van der Waals surface area contributed by atoms with Crippen molar-refractivity contribution >= 4 is 34.1 Å². The summed E-state index contributed by atoms with van der Waals surface area (Å²) < 4.78 is 0. The highest BCUT2D eigenvalue weighted by Gasteiger charge is 2.35. The lowest BCUT2D eigenvalue weighted by atomic mass is 9.69. The van der Waals surface area contributed by atoms with Crippen molar-refractivity contribution in [1.29, 1.82) is 0 Å². The highest BCUT2D eigenvalue weighted by molar-refractivity contribution is 7.17. The van der Waals surface area contributed by atoms with Crippen molar-refractivity contribution in [2.45, 2.75) is 97.4 Å². The Morgan fingerprint density at radius 3 is 2.48 bits per heavy atom. The Labute approximate surface area is 189 Å². The molecule has 0 unspecified atom stereocenters. The molecular weight excluding hydrogens is 412 g/mol. The molecule has 3 rings (SSSR count). The lowest BCUT2D eigenvalue weighted by molar-refractivity contribution is -0.137. The Hall–Kier alpha value is -1.89. The number of nitrogens with one attached hydrogen (secondary N) is 2. The van der Waals surface area contributed by atoms with Crippen LogP contribution in [0.1, 0.15) is 99.4 Å². The number of carbonyl (C=O) groups excluding carboxylic acids is 2. The molecule has 2 aliphatic carbocycles. The standard InChI is InChI=1S/C24H36N2O4S/c1-4-24(2,3)15-12-13-17-18(14-15)31-23(26-19(27)10-7-11-20(28)29)21(17)22(30)25-16-8-5-6-9-16/h15-16H,4-14H2,1-3H3,(H,25,30)(H,26,27)(H,28,29)/t15-/m0/s1. The van der Waals surface area contributed by atoms with Crippen LogP contribution >= 0.6 is 11.3 Å². The van der Waals surface area contributed by atoms with Gasteiger partial charge >= 0.3 is 5.97 Å². The molecule has 31 heavy (non-hydrogen) atoms. The van der Waals surface area contributed by atoms with Gasteiger partial charge in [-0.3, -0.25) is 14.4 Å². The van der Waals surface area contributed by atoms with E-state index >= 15 is 0 Å². The first kappa shape index (κ1) is 23.8. The minimum Gasteiger partial charge on any atom is -0.481 e. The Kier molecular flexibility index (Phi) is 7.78. The molecule has 2 amide bonds. The van der Waals surface area contributed by atoms with E-state index in [1.807, 2.05) is 0 Å². The van der Waals surface area contributed by atoms with Crippen LogP contribution in [0.3, 0.4) is 0 Å². The second-order valence-corrected chi connectivity index (χ2v) is 10.8. The van der Waals surface area contributed by atoms with Gasteiger partial charge in [-0.15, -0.1) is 11.3 Å². The van der Waals surface area contributed by atoms with Crippen LogP contribution in [0.5, 0.6) is 0 Å². The fourth-order valence-corrected chi connectivity index (χ4v) is 6.13. The first-order chi connectivity index (χ1) is 14.7. The van der Waals surface area contributed by atoms with E-state index in [1.165, 1.54) is 16.2 Å². The number of hydrogen-bond acceptors (Lipinski definition) is 4. The summed E-state index contributed by atoms with van der Waals surface area (Å²) in [4.78, 5) is 37.7. The Morgan fingerprint density at radius 2 is 1.84 bits per heavy atom. The largest absolute Gasteiger partial charge is 0.481 e. The summed E-state index contributed by atoms with van der Waals surface area (Å²) in [5, 5.41) is 15.6. The van der Waals surface area contributed by atoms with Gasteiger partial charge in [0.25, 0.3) is 5.91 Å². The van der Waals surface area contributed by atoms with Crippen molar-refractivity contribution in [2.24, 2.45) is 11.3 Å². The molecule has 1 aromatic rings. The van der Waals surface area contributed by atoms with Crippen LogP contribution in [-0.4, -0.2) is 28.9 Å². The van der Waals surface area contributed by atoms with E-state index in [9.17, 15) is 14.4 Å². The normalized spacial score (nSPS) is 19.1. The molecule has 1 aromatic heterocycles. The van der Waals surface area contributed by atoms with Crippen molar-refractivity contribution in [1.82, 2.24) is 5.32 Å². The fraction of sp³-hybridized carbons (Fsp3) is 0.708. The molecule has 1 atom stereocenters. The van der Waals surface area contributed by atoms with Crippen LogP contribution in [0, 0.1) is 11.3 Å². The minimum absolute atomic E-state index is 0.0306. The van der Waals surface area contributed by atoms with Crippen molar-refractivity contribution < 1.29 is 19.5 Å². The molecule has 172 valence electrons. The van der Waals surface area contributed by atoms with Crippen LogP contribution in [0.2, 0.25) is 0 Å². The third-order valence-electron chi connectivity index (χ3n) is 7.25. The maximum Gasteiger partial charge on any atom is 0.303 e. The van der Waals surface area contributed by atoms with Gasteiger partial charge in [0, 0.05) is 23.8 Å². The van der Waals surface area contributed by atoms with E-state index in [0.717, 1.165) is 56.9 Å². The van der Waals surface area contributed by atoms with Crippen LogP contribution in [0.15, 0.2) is 0 Å². The summed E-state index contributed by atoms with van der Waals surface area (Å²) in [7, 11) is 0. The van der Waals surface area contributed by atoms with E-state index in [4.69, 9.17) is 5.11 Å². The summed E-state index contributed by atoms with van der Waals surface area (Å²) >= 11 is 1.54. The zero-order valence-electron chi connectivity index (χ0n) is 19.0. The molecule has 0 saturated heterocycles. The topological polar surface area (TPSA) is 95.5 Å². The predicted octanol–water partition coefficient (Wildman–Crippen LogP) is 5.16. The quantitative estimate of drug-likeness (QED) is 0.486. The van der Waals surface area contributed by atoms with Gasteiger partial charge in [0.05, 0.1) is 5.56 Å². The number of anilines is 1. The lowest BCUT2D eigenvalue weighted by Crippen LogP contribution is -2.34. The number of rotatable bonds is 9. The molecule has 0 aromatic carbocycles. The second kappa shape index (κ2) is 10.2. The molecule has 1 heterocycles. The molecular formula is C24H36N2O4S. The smallest absolute Gasteiger partial charge is 0.303 e. The molecule has 1 saturated carbocycles. The number of hydrogen-bond donors (Lipinski definition) is 3. The van der Waals surface area contributed by atoms with Gasteiger partial charge < -0.3 is 15.7 Å². The van der Waals surface area contributed by atoms with Crippen LogP contribution < -0.4 is 10.6 Å². The van der Waals surface area contributed by atoms with Gasteiger partial charge in [-0.1, -0.05) is 40.0 Å². The summed E-state index contributed by atoms with van der Waals surface area (Å²) in [6.07, 6.45) is 8.71. The summed E-state index contributed by atoms with van der Waals surface area (Å²) in [5.74, 6) is -0.632. The average molecular weight is 449 g/mol. The summed E-state index contributed by atoms with van der Waals surface area (Å²) in [6, 6.07) is 0.220. The van der Waals surface area contributed by atoms with Crippen LogP contribution in [-0.2, 0) is 22.4 Å². The average Bonchev–Trinajstić information content (AvgIpc) is 3.34. The van der Waals surface area contributed by atoms with E-state index < -0.39 is 5.97 Å². The number of carboxylic acids is 1. The third kappa shape index (κ3) is 5.88. The first-order valence-electron chi connectivity index (χ1n) is 11.7. The van der Waals surface area contributed by atoms with E-state index in [1.54, 1.807) is 0 Å². The highest BCUT2D eigenvalue weighted by Crippen LogP contribution is 2.45. The fourth-order valence-electron chi connectivity index (χ4n) is 4.79. The van der Waals surface area contributed by atoms with Gasteiger partial charge in [-0.25, -0.2) is 0 Å². The van der Waals surface area contributed by atoms with E-state index in [0.29, 0.717) is 22.9 Å². The lowest BCUT2D eigenvalue weighted by Gasteiger charge is -2.36. The zero-order valence-corrected chi connectivity index (χ0v) is 19.8. The van der Waals surface area contributed by atoms with Gasteiger partial charge in [-0.2, -0.15) is 0 Å². The number of fused-ring (bicyclic) bond motifs is 1. The SMILES string of the molecule is CCC(C)(C)[C@H]1CCc2c(sc(NC(=O)CCCC(=O)O)c2C(=O)NC2CCCC2)C1. The maximum atomic E-state index is 13.2. The number of carboxylic acid groups (broad SMARTS) is 1. The molecule has 7 heteroatoms. The first-order valence-corrected chi connectivity index (χ1v) is 12.5. The predicted molar refractivity (Wildman–Crippen MR) is 124 cm³/mol. The summed E-state index contributed by atoms with van der Waals surface area (Å²) in [6.45, 7) is 6.86. The number of thiophene rings is 1. The second-order valence-electron chi connectivity index (χ2n) is 9.74. The highest BCUT2D eigenvalue weighted by atomic mass is 32.1. The van der Waals surface area contributed by atoms with E-state index in [2.05, 4.69) is 31.4 Å².